The molecule has 1 aromatic heterocycles. The number of anilines is 1. The molecule has 0 radical (unpaired) electrons. The van der Waals surface area contributed by atoms with E-state index in [0.29, 0.717) is 23.8 Å². The fourth-order valence-electron chi connectivity index (χ4n) is 2.78. The summed E-state index contributed by atoms with van der Waals surface area (Å²) in [5, 5.41) is 2.99. The number of rotatable bonds is 5. The van der Waals surface area contributed by atoms with Crippen molar-refractivity contribution in [2.45, 2.75) is 19.4 Å². The molecule has 20 heavy (non-hydrogen) atoms. The van der Waals surface area contributed by atoms with E-state index in [1.54, 1.807) is 12.3 Å². The molecule has 0 spiro atoms. The van der Waals surface area contributed by atoms with Crippen LogP contribution in [0.5, 0.6) is 0 Å². The lowest BCUT2D eigenvalue weighted by Gasteiger charge is -2.32. The number of nitrogens with zero attached hydrogens (tertiary/aromatic N) is 3. The zero-order valence-corrected chi connectivity index (χ0v) is 12.7. The summed E-state index contributed by atoms with van der Waals surface area (Å²) in [5.41, 5.74) is 0.674. The molecule has 0 aliphatic carbocycles. The number of halogens is 1. The predicted octanol–water partition coefficient (Wildman–Crippen LogP) is 1.72. The van der Waals surface area contributed by atoms with Crippen LogP contribution in [0, 0.1) is 11.7 Å². The SMILES string of the molecule is CNCc1ccnc(N(C)CC2CCN(C)CC2)c1F. The standard InChI is InChI=1S/C15H25FN4/c1-17-10-13-4-7-18-15(14(13)16)20(3)11-12-5-8-19(2)9-6-12/h4,7,12,17H,5-6,8-11H2,1-3H3. The van der Waals surface area contributed by atoms with E-state index in [1.165, 1.54) is 12.8 Å². The Labute approximate surface area is 121 Å². The quantitative estimate of drug-likeness (QED) is 0.890. The van der Waals surface area contributed by atoms with Gasteiger partial charge in [-0.3, -0.25) is 0 Å². The summed E-state index contributed by atoms with van der Waals surface area (Å²) in [5.74, 6) is 0.902. The molecule has 5 heteroatoms. The van der Waals surface area contributed by atoms with Crippen LogP contribution in [0.15, 0.2) is 12.3 Å². The molecular formula is C15H25FN4. The van der Waals surface area contributed by atoms with Gasteiger partial charge in [-0.15, -0.1) is 0 Å². The zero-order valence-electron chi connectivity index (χ0n) is 12.7. The minimum atomic E-state index is -0.197. The van der Waals surface area contributed by atoms with Crippen molar-refractivity contribution >= 4 is 5.82 Å². The Kier molecular flexibility index (Phi) is 5.31. The maximum Gasteiger partial charge on any atom is 0.170 e. The molecule has 1 N–H and O–H groups in total. The van der Waals surface area contributed by atoms with E-state index < -0.39 is 0 Å². The van der Waals surface area contributed by atoms with Gasteiger partial charge in [-0.2, -0.15) is 0 Å². The molecule has 0 unspecified atom stereocenters. The van der Waals surface area contributed by atoms with Crippen LogP contribution in [-0.4, -0.2) is 50.7 Å². The van der Waals surface area contributed by atoms with Gasteiger partial charge in [0.15, 0.2) is 11.6 Å². The first-order valence-electron chi connectivity index (χ1n) is 7.29. The maximum atomic E-state index is 14.4. The van der Waals surface area contributed by atoms with Crippen molar-refractivity contribution in [2.75, 3.05) is 45.7 Å². The highest BCUT2D eigenvalue weighted by Crippen LogP contribution is 2.22. The summed E-state index contributed by atoms with van der Waals surface area (Å²) in [7, 11) is 5.91. The fraction of sp³-hybridized carbons (Fsp3) is 0.667. The number of hydrogen-bond acceptors (Lipinski definition) is 4. The number of piperidine rings is 1. The highest BCUT2D eigenvalue weighted by atomic mass is 19.1. The summed E-state index contributed by atoms with van der Waals surface area (Å²) in [4.78, 5) is 8.53. The minimum Gasteiger partial charge on any atom is -0.357 e. The average Bonchev–Trinajstić information content (AvgIpc) is 2.44. The predicted molar refractivity (Wildman–Crippen MR) is 80.4 cm³/mol. The molecule has 1 saturated heterocycles. The summed E-state index contributed by atoms with van der Waals surface area (Å²) in [6, 6.07) is 1.73. The van der Waals surface area contributed by atoms with E-state index in [0.717, 1.165) is 19.6 Å². The molecular weight excluding hydrogens is 255 g/mol. The second kappa shape index (κ2) is 6.99. The molecule has 0 amide bonds. The van der Waals surface area contributed by atoms with Gasteiger partial charge in [-0.25, -0.2) is 9.37 Å². The van der Waals surface area contributed by atoms with Gasteiger partial charge in [0.1, 0.15) is 0 Å². The Morgan fingerprint density at radius 1 is 1.45 bits per heavy atom. The average molecular weight is 280 g/mol. The van der Waals surface area contributed by atoms with Crippen LogP contribution in [0.4, 0.5) is 10.2 Å². The van der Waals surface area contributed by atoms with Crippen molar-refractivity contribution in [2.24, 2.45) is 5.92 Å². The Morgan fingerprint density at radius 3 is 2.80 bits per heavy atom. The van der Waals surface area contributed by atoms with E-state index >= 15 is 0 Å². The molecule has 1 fully saturated rings. The first-order valence-corrected chi connectivity index (χ1v) is 7.29. The van der Waals surface area contributed by atoms with Gasteiger partial charge in [-0.05, 0) is 52.0 Å². The van der Waals surface area contributed by atoms with Crippen LogP contribution >= 0.6 is 0 Å². The summed E-state index contributed by atoms with van der Waals surface area (Å²) in [6.07, 6.45) is 4.05. The van der Waals surface area contributed by atoms with Gasteiger partial charge in [0, 0.05) is 31.9 Å². The van der Waals surface area contributed by atoms with Crippen LogP contribution in [0.2, 0.25) is 0 Å². The second-order valence-electron chi connectivity index (χ2n) is 5.77. The Balaban J connectivity index is 2.01. The lowest BCUT2D eigenvalue weighted by Crippen LogP contribution is -2.36. The Morgan fingerprint density at radius 2 is 2.15 bits per heavy atom. The highest BCUT2D eigenvalue weighted by Gasteiger charge is 2.20. The van der Waals surface area contributed by atoms with Gasteiger partial charge in [0.25, 0.3) is 0 Å². The smallest absolute Gasteiger partial charge is 0.170 e. The molecule has 4 nitrogen and oxygen atoms in total. The van der Waals surface area contributed by atoms with Crippen molar-refractivity contribution in [3.63, 3.8) is 0 Å². The molecule has 0 bridgehead atoms. The van der Waals surface area contributed by atoms with Gasteiger partial charge < -0.3 is 15.1 Å². The van der Waals surface area contributed by atoms with Crippen LogP contribution in [-0.2, 0) is 6.54 Å². The van der Waals surface area contributed by atoms with Crippen molar-refractivity contribution in [3.8, 4) is 0 Å². The lowest BCUT2D eigenvalue weighted by atomic mass is 9.96. The molecule has 0 saturated carbocycles. The van der Waals surface area contributed by atoms with E-state index in [-0.39, 0.29) is 5.82 Å². The van der Waals surface area contributed by atoms with Crippen molar-refractivity contribution in [1.29, 1.82) is 0 Å². The van der Waals surface area contributed by atoms with Crippen LogP contribution in [0.25, 0.3) is 0 Å². The van der Waals surface area contributed by atoms with Gasteiger partial charge in [0.2, 0.25) is 0 Å². The van der Waals surface area contributed by atoms with Crippen LogP contribution in [0.3, 0.4) is 0 Å². The van der Waals surface area contributed by atoms with Crippen molar-refractivity contribution in [3.05, 3.63) is 23.6 Å². The third kappa shape index (κ3) is 3.67. The van der Waals surface area contributed by atoms with E-state index in [2.05, 4.69) is 22.2 Å². The molecule has 112 valence electrons. The molecule has 2 rings (SSSR count). The summed E-state index contributed by atoms with van der Waals surface area (Å²) < 4.78 is 14.4. The third-order valence-corrected chi connectivity index (χ3v) is 4.05. The molecule has 2 heterocycles. The molecule has 1 aliphatic rings. The fourth-order valence-corrected chi connectivity index (χ4v) is 2.78. The molecule has 0 aromatic carbocycles. The first-order chi connectivity index (χ1) is 9.61. The summed E-state index contributed by atoms with van der Waals surface area (Å²) in [6.45, 7) is 3.67. The van der Waals surface area contributed by atoms with E-state index in [1.807, 2.05) is 19.0 Å². The molecule has 1 aliphatic heterocycles. The van der Waals surface area contributed by atoms with Crippen LogP contribution in [0.1, 0.15) is 18.4 Å². The van der Waals surface area contributed by atoms with E-state index in [4.69, 9.17) is 0 Å². The summed E-state index contributed by atoms with van der Waals surface area (Å²) >= 11 is 0. The minimum absolute atomic E-state index is 0.197. The Bertz CT molecular complexity index is 430. The molecule has 0 atom stereocenters. The monoisotopic (exact) mass is 280 g/mol. The van der Waals surface area contributed by atoms with Crippen molar-refractivity contribution in [1.82, 2.24) is 15.2 Å². The third-order valence-electron chi connectivity index (χ3n) is 4.05. The van der Waals surface area contributed by atoms with E-state index in [9.17, 15) is 4.39 Å². The normalized spacial score (nSPS) is 17.4. The maximum absolute atomic E-state index is 14.4. The van der Waals surface area contributed by atoms with Crippen molar-refractivity contribution < 1.29 is 4.39 Å². The first kappa shape index (κ1) is 15.2. The van der Waals surface area contributed by atoms with Gasteiger partial charge in [-0.1, -0.05) is 0 Å². The largest absolute Gasteiger partial charge is 0.357 e. The number of aromatic nitrogens is 1. The number of pyridine rings is 1. The van der Waals surface area contributed by atoms with Gasteiger partial charge >= 0.3 is 0 Å². The highest BCUT2D eigenvalue weighted by molar-refractivity contribution is 5.42. The lowest BCUT2D eigenvalue weighted by molar-refractivity contribution is 0.222. The molecule has 1 aromatic rings. The number of hydrogen-bond donors (Lipinski definition) is 1. The van der Waals surface area contributed by atoms with Gasteiger partial charge in [0.05, 0.1) is 0 Å². The Hall–Kier alpha value is -1.20. The zero-order chi connectivity index (χ0) is 14.5. The number of likely N-dealkylation sites (tertiary alicyclic amines) is 1. The number of nitrogens with one attached hydrogen (secondary N) is 1. The van der Waals surface area contributed by atoms with Crippen LogP contribution < -0.4 is 10.2 Å². The second-order valence-corrected chi connectivity index (χ2v) is 5.77. The topological polar surface area (TPSA) is 31.4 Å².